The van der Waals surface area contributed by atoms with Crippen LogP contribution in [-0.4, -0.2) is 44.7 Å². The lowest BCUT2D eigenvalue weighted by atomic mass is 10.1. The summed E-state index contributed by atoms with van der Waals surface area (Å²) in [5.74, 6) is 0. The van der Waals surface area contributed by atoms with Crippen LogP contribution in [0.4, 0.5) is 0 Å². The Bertz CT molecular complexity index is 278. The predicted octanol–water partition coefficient (Wildman–Crippen LogP) is 2.94. The molecule has 0 radical (unpaired) electrons. The molecule has 0 spiro atoms. The first-order chi connectivity index (χ1) is 9.56. The summed E-state index contributed by atoms with van der Waals surface area (Å²) in [5, 5.41) is 3.48. The molecule has 0 saturated heterocycles. The zero-order valence-electron chi connectivity index (χ0n) is 14.0. The van der Waals surface area contributed by atoms with Gasteiger partial charge in [-0.3, -0.25) is 0 Å². The second-order valence-electron chi connectivity index (χ2n) is 5.87. The van der Waals surface area contributed by atoms with E-state index in [2.05, 4.69) is 50.2 Å². The number of allylic oxidation sites excluding steroid dienone is 3. The van der Waals surface area contributed by atoms with Gasteiger partial charge >= 0.3 is 0 Å². The molecule has 0 heterocycles. The fourth-order valence-electron chi connectivity index (χ4n) is 1.99. The van der Waals surface area contributed by atoms with Gasteiger partial charge in [-0.05, 0) is 79.7 Å². The topological polar surface area (TPSA) is 41.3 Å². The number of nitrogens with one attached hydrogen (secondary N) is 1. The second kappa shape index (κ2) is 13.3. The minimum atomic E-state index is 0.791. The van der Waals surface area contributed by atoms with Gasteiger partial charge in [0.2, 0.25) is 0 Å². The molecule has 0 amide bonds. The van der Waals surface area contributed by atoms with E-state index in [-0.39, 0.29) is 0 Å². The highest BCUT2D eigenvalue weighted by Crippen LogP contribution is 2.05. The van der Waals surface area contributed by atoms with Gasteiger partial charge < -0.3 is 16.0 Å². The summed E-state index contributed by atoms with van der Waals surface area (Å²) < 4.78 is 0. The number of rotatable bonds is 12. The fourth-order valence-corrected chi connectivity index (χ4v) is 1.99. The van der Waals surface area contributed by atoms with Crippen molar-refractivity contribution in [2.24, 2.45) is 5.73 Å². The first-order valence-corrected chi connectivity index (χ1v) is 7.94. The summed E-state index contributed by atoms with van der Waals surface area (Å²) in [7, 11) is 2.17. The molecule has 118 valence electrons. The molecule has 0 fully saturated rings. The van der Waals surface area contributed by atoms with E-state index in [0.29, 0.717) is 0 Å². The molecule has 0 aromatic carbocycles. The van der Waals surface area contributed by atoms with Crippen molar-refractivity contribution in [1.82, 2.24) is 10.2 Å². The van der Waals surface area contributed by atoms with Gasteiger partial charge in [-0.15, -0.1) is 0 Å². The summed E-state index contributed by atoms with van der Waals surface area (Å²) in [4.78, 5) is 2.36. The van der Waals surface area contributed by atoms with Crippen molar-refractivity contribution in [1.29, 1.82) is 0 Å². The van der Waals surface area contributed by atoms with Crippen LogP contribution in [0.5, 0.6) is 0 Å². The smallest absolute Gasteiger partial charge is 0.0137 e. The van der Waals surface area contributed by atoms with Crippen molar-refractivity contribution in [3.05, 3.63) is 23.3 Å². The van der Waals surface area contributed by atoms with E-state index in [1.807, 2.05) is 0 Å². The van der Waals surface area contributed by atoms with Crippen LogP contribution >= 0.6 is 0 Å². The second-order valence-corrected chi connectivity index (χ2v) is 5.87. The van der Waals surface area contributed by atoms with Crippen LogP contribution in [0.25, 0.3) is 0 Å². The van der Waals surface area contributed by atoms with Gasteiger partial charge in [0.25, 0.3) is 0 Å². The molecule has 3 nitrogen and oxygen atoms in total. The van der Waals surface area contributed by atoms with Crippen molar-refractivity contribution >= 4 is 0 Å². The van der Waals surface area contributed by atoms with Gasteiger partial charge in [0.1, 0.15) is 0 Å². The molecule has 3 N–H and O–H groups in total. The van der Waals surface area contributed by atoms with Gasteiger partial charge in [0.05, 0.1) is 0 Å². The van der Waals surface area contributed by atoms with Gasteiger partial charge in [-0.25, -0.2) is 0 Å². The Morgan fingerprint density at radius 1 is 1.10 bits per heavy atom. The van der Waals surface area contributed by atoms with Gasteiger partial charge in [-0.1, -0.05) is 23.3 Å². The monoisotopic (exact) mass is 281 g/mol. The Kier molecular flexibility index (Phi) is 12.9. The van der Waals surface area contributed by atoms with Crippen molar-refractivity contribution in [3.8, 4) is 0 Å². The number of hydrogen-bond acceptors (Lipinski definition) is 3. The quantitative estimate of drug-likeness (QED) is 0.427. The van der Waals surface area contributed by atoms with E-state index in [0.717, 1.165) is 45.6 Å². The first kappa shape index (κ1) is 19.4. The normalized spacial score (nSPS) is 12.0. The molecule has 0 aromatic heterocycles. The van der Waals surface area contributed by atoms with Crippen LogP contribution in [0.15, 0.2) is 23.3 Å². The average molecular weight is 281 g/mol. The Morgan fingerprint density at radius 3 is 2.45 bits per heavy atom. The van der Waals surface area contributed by atoms with Crippen LogP contribution in [0.2, 0.25) is 0 Å². The summed E-state index contributed by atoms with van der Waals surface area (Å²) >= 11 is 0. The maximum atomic E-state index is 5.50. The average Bonchev–Trinajstić information content (AvgIpc) is 2.39. The van der Waals surface area contributed by atoms with Crippen LogP contribution < -0.4 is 11.1 Å². The minimum absolute atomic E-state index is 0.791. The highest BCUT2D eigenvalue weighted by Gasteiger charge is 1.96. The molecule has 3 heteroatoms. The summed E-state index contributed by atoms with van der Waals surface area (Å²) in [5.41, 5.74) is 8.39. The number of hydrogen-bond donors (Lipinski definition) is 2. The van der Waals surface area contributed by atoms with Gasteiger partial charge in [0, 0.05) is 6.54 Å². The van der Waals surface area contributed by atoms with Crippen LogP contribution in [-0.2, 0) is 0 Å². The Balaban J connectivity index is 3.48. The molecule has 0 aromatic rings. The standard InChI is InChI=1S/C17H35N3/c1-16(2)8-5-9-17(3)10-13-19-12-7-15-20(4)14-6-11-18/h8,10,19H,5-7,9,11-15,18H2,1-4H3/b17-10+. The predicted molar refractivity (Wildman–Crippen MR) is 91.1 cm³/mol. The lowest BCUT2D eigenvalue weighted by molar-refractivity contribution is 0.325. The molecule has 0 atom stereocenters. The number of nitrogens with zero attached hydrogens (tertiary/aromatic N) is 1. The maximum Gasteiger partial charge on any atom is 0.0137 e. The molecular weight excluding hydrogens is 246 g/mol. The maximum absolute atomic E-state index is 5.50. The van der Waals surface area contributed by atoms with E-state index in [1.54, 1.807) is 0 Å². The zero-order valence-corrected chi connectivity index (χ0v) is 14.0. The molecule has 0 aliphatic heterocycles. The van der Waals surface area contributed by atoms with E-state index in [9.17, 15) is 0 Å². The summed E-state index contributed by atoms with van der Waals surface area (Å²) in [6.07, 6.45) is 9.26. The lowest BCUT2D eigenvalue weighted by Crippen LogP contribution is -2.26. The number of nitrogens with two attached hydrogens (primary N) is 1. The third-order valence-electron chi connectivity index (χ3n) is 3.32. The van der Waals surface area contributed by atoms with Gasteiger partial charge in [0.15, 0.2) is 0 Å². The SMILES string of the molecule is CC(C)=CCC/C(C)=C/CNCCCN(C)CCCN. The molecule has 0 aliphatic carbocycles. The Morgan fingerprint density at radius 2 is 1.80 bits per heavy atom. The van der Waals surface area contributed by atoms with Crippen molar-refractivity contribution in [3.63, 3.8) is 0 Å². The van der Waals surface area contributed by atoms with Crippen LogP contribution in [0, 0.1) is 0 Å². The van der Waals surface area contributed by atoms with Crippen LogP contribution in [0.1, 0.15) is 46.5 Å². The third-order valence-corrected chi connectivity index (χ3v) is 3.32. The van der Waals surface area contributed by atoms with E-state index in [4.69, 9.17) is 5.73 Å². The van der Waals surface area contributed by atoms with E-state index in [1.165, 1.54) is 24.0 Å². The van der Waals surface area contributed by atoms with Gasteiger partial charge in [-0.2, -0.15) is 0 Å². The molecule has 0 bridgehead atoms. The van der Waals surface area contributed by atoms with E-state index < -0.39 is 0 Å². The summed E-state index contributed by atoms with van der Waals surface area (Å²) in [6, 6.07) is 0. The largest absolute Gasteiger partial charge is 0.330 e. The molecule has 0 rings (SSSR count). The highest BCUT2D eigenvalue weighted by molar-refractivity contribution is 5.02. The molecule has 20 heavy (non-hydrogen) atoms. The summed E-state index contributed by atoms with van der Waals surface area (Å²) in [6.45, 7) is 11.7. The third kappa shape index (κ3) is 13.8. The molecule has 0 aliphatic rings. The molecule has 0 unspecified atom stereocenters. The minimum Gasteiger partial charge on any atom is -0.330 e. The fraction of sp³-hybridized carbons (Fsp3) is 0.765. The van der Waals surface area contributed by atoms with Crippen molar-refractivity contribution in [2.45, 2.75) is 46.5 Å². The van der Waals surface area contributed by atoms with Crippen molar-refractivity contribution in [2.75, 3.05) is 39.8 Å². The molecular formula is C17H35N3. The van der Waals surface area contributed by atoms with Crippen LogP contribution in [0.3, 0.4) is 0 Å². The first-order valence-electron chi connectivity index (χ1n) is 7.94. The Labute approximate surface area is 126 Å². The zero-order chi connectivity index (χ0) is 15.2. The van der Waals surface area contributed by atoms with E-state index >= 15 is 0 Å². The Hall–Kier alpha value is -0.640. The lowest BCUT2D eigenvalue weighted by Gasteiger charge is -2.15. The molecule has 0 saturated carbocycles. The van der Waals surface area contributed by atoms with Crippen molar-refractivity contribution < 1.29 is 0 Å². The highest BCUT2D eigenvalue weighted by atomic mass is 15.1.